The van der Waals surface area contributed by atoms with Gasteiger partial charge in [0, 0.05) is 31.0 Å². The average molecular weight is 311 g/mol. The molecular formula is C18H21N3O2. The number of ether oxygens (including phenoxy) is 1. The molecule has 1 heterocycles. The Labute approximate surface area is 136 Å². The van der Waals surface area contributed by atoms with Gasteiger partial charge in [-0.15, -0.1) is 0 Å². The van der Waals surface area contributed by atoms with Crippen molar-refractivity contribution in [2.24, 2.45) is 0 Å². The van der Waals surface area contributed by atoms with E-state index in [4.69, 9.17) is 10.5 Å². The number of amides is 1. The fourth-order valence-electron chi connectivity index (χ4n) is 2.74. The minimum absolute atomic E-state index is 0.169. The van der Waals surface area contributed by atoms with E-state index >= 15 is 0 Å². The first kappa shape index (κ1) is 15.5. The fraction of sp³-hybridized carbons (Fsp3) is 0.278. The Morgan fingerprint density at radius 3 is 2.57 bits per heavy atom. The summed E-state index contributed by atoms with van der Waals surface area (Å²) in [5.74, 6) is -0.169. The molecule has 0 saturated carbocycles. The highest BCUT2D eigenvalue weighted by molar-refractivity contribution is 6.08. The average Bonchev–Trinajstić information content (AvgIpc) is 2.57. The van der Waals surface area contributed by atoms with Crippen LogP contribution in [0.1, 0.15) is 15.9 Å². The Kier molecular flexibility index (Phi) is 4.90. The molecule has 5 heteroatoms. The second kappa shape index (κ2) is 7.26. The second-order valence-corrected chi connectivity index (χ2v) is 5.59. The topological polar surface area (TPSA) is 67.6 Å². The van der Waals surface area contributed by atoms with E-state index < -0.39 is 0 Å². The zero-order valence-electron chi connectivity index (χ0n) is 13.0. The Morgan fingerprint density at radius 2 is 1.83 bits per heavy atom. The van der Waals surface area contributed by atoms with Gasteiger partial charge in [0.2, 0.25) is 0 Å². The van der Waals surface area contributed by atoms with Gasteiger partial charge in [-0.05, 0) is 23.8 Å². The van der Waals surface area contributed by atoms with Gasteiger partial charge in [0.05, 0.1) is 18.8 Å². The SMILES string of the molecule is Nc1cccc(CN2CCOCC2)c1C(=O)Nc1ccccc1. The quantitative estimate of drug-likeness (QED) is 0.851. The second-order valence-electron chi connectivity index (χ2n) is 5.59. The van der Waals surface area contributed by atoms with Crippen LogP contribution in [0.5, 0.6) is 0 Å². The van der Waals surface area contributed by atoms with Gasteiger partial charge in [-0.3, -0.25) is 9.69 Å². The van der Waals surface area contributed by atoms with Gasteiger partial charge in [-0.25, -0.2) is 0 Å². The van der Waals surface area contributed by atoms with Crippen LogP contribution in [0.3, 0.4) is 0 Å². The first-order chi connectivity index (χ1) is 11.2. The van der Waals surface area contributed by atoms with E-state index in [9.17, 15) is 4.79 Å². The summed E-state index contributed by atoms with van der Waals surface area (Å²) in [5, 5.41) is 2.91. The van der Waals surface area contributed by atoms with Gasteiger partial charge >= 0.3 is 0 Å². The molecule has 1 saturated heterocycles. The Hall–Kier alpha value is -2.37. The lowest BCUT2D eigenvalue weighted by atomic mass is 10.0. The van der Waals surface area contributed by atoms with Crippen molar-refractivity contribution in [3.8, 4) is 0 Å². The van der Waals surface area contributed by atoms with Gasteiger partial charge in [0.15, 0.2) is 0 Å². The molecule has 0 atom stereocenters. The smallest absolute Gasteiger partial charge is 0.258 e. The molecule has 2 aromatic carbocycles. The Balaban J connectivity index is 1.81. The summed E-state index contributed by atoms with van der Waals surface area (Å²) in [7, 11) is 0. The van der Waals surface area contributed by atoms with E-state index in [1.54, 1.807) is 6.07 Å². The fourth-order valence-corrected chi connectivity index (χ4v) is 2.74. The Morgan fingerprint density at radius 1 is 1.09 bits per heavy atom. The van der Waals surface area contributed by atoms with E-state index in [2.05, 4.69) is 10.2 Å². The highest BCUT2D eigenvalue weighted by atomic mass is 16.5. The van der Waals surface area contributed by atoms with Gasteiger partial charge in [-0.2, -0.15) is 0 Å². The van der Waals surface area contributed by atoms with Crippen LogP contribution in [0, 0.1) is 0 Å². The zero-order valence-corrected chi connectivity index (χ0v) is 13.0. The molecular weight excluding hydrogens is 290 g/mol. The van der Waals surface area contributed by atoms with Crippen molar-refractivity contribution >= 4 is 17.3 Å². The maximum atomic E-state index is 12.7. The number of anilines is 2. The minimum Gasteiger partial charge on any atom is -0.398 e. The lowest BCUT2D eigenvalue weighted by molar-refractivity contribution is 0.0341. The van der Waals surface area contributed by atoms with Crippen molar-refractivity contribution in [3.05, 3.63) is 59.7 Å². The summed E-state index contributed by atoms with van der Waals surface area (Å²) >= 11 is 0. The number of nitrogens with one attached hydrogen (secondary N) is 1. The molecule has 1 aliphatic rings. The van der Waals surface area contributed by atoms with Crippen molar-refractivity contribution in [1.29, 1.82) is 0 Å². The number of benzene rings is 2. The molecule has 0 unspecified atom stereocenters. The molecule has 1 amide bonds. The van der Waals surface area contributed by atoms with E-state index in [1.807, 2.05) is 42.5 Å². The summed E-state index contributed by atoms with van der Waals surface area (Å²) in [4.78, 5) is 14.9. The molecule has 3 N–H and O–H groups in total. The van der Waals surface area contributed by atoms with E-state index in [1.165, 1.54) is 0 Å². The third-order valence-corrected chi connectivity index (χ3v) is 3.94. The first-order valence-electron chi connectivity index (χ1n) is 7.78. The normalized spacial score (nSPS) is 15.3. The number of rotatable bonds is 4. The van der Waals surface area contributed by atoms with Gasteiger partial charge in [0.1, 0.15) is 0 Å². The largest absolute Gasteiger partial charge is 0.398 e. The Bertz CT molecular complexity index is 667. The molecule has 2 aromatic rings. The van der Waals surface area contributed by atoms with Crippen LogP contribution in [0.4, 0.5) is 11.4 Å². The predicted octanol–water partition coefficient (Wildman–Crippen LogP) is 2.35. The van der Waals surface area contributed by atoms with Crippen molar-refractivity contribution in [2.45, 2.75) is 6.54 Å². The highest BCUT2D eigenvalue weighted by Crippen LogP contribution is 2.21. The molecule has 0 aliphatic carbocycles. The van der Waals surface area contributed by atoms with Gasteiger partial charge in [-0.1, -0.05) is 30.3 Å². The number of hydrogen-bond donors (Lipinski definition) is 2. The molecule has 23 heavy (non-hydrogen) atoms. The number of nitrogens with two attached hydrogens (primary N) is 1. The van der Waals surface area contributed by atoms with Crippen molar-refractivity contribution < 1.29 is 9.53 Å². The lowest BCUT2D eigenvalue weighted by Gasteiger charge is -2.27. The first-order valence-corrected chi connectivity index (χ1v) is 7.78. The molecule has 0 aromatic heterocycles. The summed E-state index contributed by atoms with van der Waals surface area (Å²) in [6.45, 7) is 3.90. The minimum atomic E-state index is -0.169. The van der Waals surface area contributed by atoms with Crippen LogP contribution in [0.15, 0.2) is 48.5 Å². The molecule has 0 bridgehead atoms. The highest BCUT2D eigenvalue weighted by Gasteiger charge is 2.18. The van der Waals surface area contributed by atoms with Crippen LogP contribution in [0.2, 0.25) is 0 Å². The third-order valence-electron chi connectivity index (χ3n) is 3.94. The maximum Gasteiger partial charge on any atom is 0.258 e. The number of morpholine rings is 1. The number of hydrogen-bond acceptors (Lipinski definition) is 4. The van der Waals surface area contributed by atoms with Crippen molar-refractivity contribution in [2.75, 3.05) is 37.4 Å². The number of para-hydroxylation sites is 1. The third kappa shape index (κ3) is 3.88. The lowest BCUT2D eigenvalue weighted by Crippen LogP contribution is -2.36. The summed E-state index contributed by atoms with van der Waals surface area (Å²) in [6.07, 6.45) is 0. The number of nitrogens with zero attached hydrogens (tertiary/aromatic N) is 1. The van der Waals surface area contributed by atoms with Gasteiger partial charge < -0.3 is 15.8 Å². The number of carbonyl (C=O) groups is 1. The summed E-state index contributed by atoms with van der Waals surface area (Å²) in [5.41, 5.74) is 8.85. The molecule has 120 valence electrons. The van der Waals surface area contributed by atoms with E-state index in [0.29, 0.717) is 17.8 Å². The molecule has 0 radical (unpaired) electrons. The molecule has 1 aliphatic heterocycles. The predicted molar refractivity (Wildman–Crippen MR) is 91.3 cm³/mol. The van der Waals surface area contributed by atoms with Crippen molar-refractivity contribution in [1.82, 2.24) is 4.90 Å². The van der Waals surface area contributed by atoms with E-state index in [0.717, 1.165) is 37.6 Å². The van der Waals surface area contributed by atoms with Crippen LogP contribution in [-0.4, -0.2) is 37.1 Å². The van der Waals surface area contributed by atoms with Crippen LogP contribution in [0.25, 0.3) is 0 Å². The standard InChI is InChI=1S/C18H21N3O2/c19-16-8-4-5-14(13-21-9-11-23-12-10-21)17(16)18(22)20-15-6-2-1-3-7-15/h1-8H,9-13,19H2,(H,20,22). The maximum absolute atomic E-state index is 12.7. The number of carbonyl (C=O) groups excluding carboxylic acids is 1. The van der Waals surface area contributed by atoms with Crippen LogP contribution < -0.4 is 11.1 Å². The summed E-state index contributed by atoms with van der Waals surface area (Å²) < 4.78 is 5.37. The molecule has 5 nitrogen and oxygen atoms in total. The molecule has 3 rings (SSSR count). The van der Waals surface area contributed by atoms with Crippen LogP contribution in [-0.2, 0) is 11.3 Å². The van der Waals surface area contributed by atoms with Gasteiger partial charge in [0.25, 0.3) is 5.91 Å². The summed E-state index contributed by atoms with van der Waals surface area (Å²) in [6, 6.07) is 15.0. The molecule has 1 fully saturated rings. The molecule has 0 spiro atoms. The van der Waals surface area contributed by atoms with Crippen LogP contribution >= 0.6 is 0 Å². The zero-order chi connectivity index (χ0) is 16.1. The van der Waals surface area contributed by atoms with Crippen molar-refractivity contribution in [3.63, 3.8) is 0 Å². The monoisotopic (exact) mass is 311 g/mol. The number of nitrogen functional groups attached to an aromatic ring is 1. The van der Waals surface area contributed by atoms with E-state index in [-0.39, 0.29) is 5.91 Å².